The Balaban J connectivity index is 1.65. The maximum Gasteiger partial charge on any atom is 0.239 e. The van der Waals surface area contributed by atoms with Gasteiger partial charge in [0, 0.05) is 30.2 Å². The number of benzene rings is 1. The van der Waals surface area contributed by atoms with Crippen molar-refractivity contribution in [3.63, 3.8) is 0 Å². The van der Waals surface area contributed by atoms with Crippen LogP contribution in [0.1, 0.15) is 38.2 Å². The number of aromatic nitrogens is 1. The first-order valence-corrected chi connectivity index (χ1v) is 8.78. The second kappa shape index (κ2) is 7.18. The zero-order valence-corrected chi connectivity index (χ0v) is 13.9. The van der Waals surface area contributed by atoms with Gasteiger partial charge in [-0.05, 0) is 43.2 Å². The monoisotopic (exact) mass is 313 g/mol. The van der Waals surface area contributed by atoms with Gasteiger partial charge in [0.2, 0.25) is 5.91 Å². The second-order valence-corrected chi connectivity index (χ2v) is 6.70. The molecule has 1 amide bonds. The summed E-state index contributed by atoms with van der Waals surface area (Å²) in [6, 6.07) is 7.71. The predicted molar refractivity (Wildman–Crippen MR) is 94.2 cm³/mol. The first-order valence-electron chi connectivity index (χ1n) is 8.78. The number of likely N-dealkylation sites (tertiary alicyclic amines) is 1. The van der Waals surface area contributed by atoms with Crippen LogP contribution in [0.25, 0.3) is 10.9 Å². The highest BCUT2D eigenvalue weighted by molar-refractivity contribution is 5.86. The first kappa shape index (κ1) is 16.1. The Morgan fingerprint density at radius 3 is 3.00 bits per heavy atom. The highest BCUT2D eigenvalue weighted by Gasteiger charge is 2.24. The average molecular weight is 313 g/mol. The van der Waals surface area contributed by atoms with Crippen molar-refractivity contribution in [3.8, 4) is 0 Å². The van der Waals surface area contributed by atoms with Crippen molar-refractivity contribution in [1.82, 2.24) is 9.88 Å². The van der Waals surface area contributed by atoms with Gasteiger partial charge in [0.05, 0.1) is 6.04 Å². The maximum atomic E-state index is 12.7. The van der Waals surface area contributed by atoms with E-state index in [1.807, 2.05) is 29.3 Å². The van der Waals surface area contributed by atoms with E-state index in [9.17, 15) is 4.79 Å². The van der Waals surface area contributed by atoms with Crippen molar-refractivity contribution in [2.45, 2.75) is 45.1 Å². The van der Waals surface area contributed by atoms with Crippen LogP contribution in [0.5, 0.6) is 0 Å². The summed E-state index contributed by atoms with van der Waals surface area (Å²) in [6.07, 6.45) is 7.23. The lowest BCUT2D eigenvalue weighted by Crippen LogP contribution is -2.45. The largest absolute Gasteiger partial charge is 0.361 e. The molecule has 1 aliphatic heterocycles. The molecular weight excluding hydrogens is 286 g/mol. The van der Waals surface area contributed by atoms with Gasteiger partial charge in [0.25, 0.3) is 0 Å². The molecule has 3 N–H and O–H groups in total. The zero-order chi connectivity index (χ0) is 16.2. The highest BCUT2D eigenvalue weighted by atomic mass is 16.2. The van der Waals surface area contributed by atoms with Gasteiger partial charge in [0.15, 0.2) is 0 Å². The number of nitrogens with zero attached hydrogens (tertiary/aromatic N) is 1. The quantitative estimate of drug-likeness (QED) is 0.911. The van der Waals surface area contributed by atoms with E-state index in [-0.39, 0.29) is 5.91 Å². The average Bonchev–Trinajstić information content (AvgIpc) is 2.82. The number of hydrogen-bond donors (Lipinski definition) is 2. The van der Waals surface area contributed by atoms with Crippen molar-refractivity contribution in [3.05, 3.63) is 36.0 Å². The molecule has 0 spiro atoms. The number of nitrogens with one attached hydrogen (secondary N) is 1. The van der Waals surface area contributed by atoms with E-state index < -0.39 is 6.04 Å². The summed E-state index contributed by atoms with van der Waals surface area (Å²) < 4.78 is 0. The molecule has 1 fully saturated rings. The predicted octanol–water partition coefficient (Wildman–Crippen LogP) is 3.08. The van der Waals surface area contributed by atoms with Crippen LogP contribution in [0, 0.1) is 5.92 Å². The standard InChI is InChI=1S/C19H27N3O/c1-2-14-6-5-10-22(11-9-14)19(23)17(20)12-15-13-21-18-8-4-3-7-16(15)18/h3-4,7-8,13-14,17,21H,2,5-6,9-12,20H2,1H3/t14?,17-/m0/s1. The lowest BCUT2D eigenvalue weighted by molar-refractivity contribution is -0.132. The molecule has 23 heavy (non-hydrogen) atoms. The molecule has 124 valence electrons. The Labute approximate surface area is 138 Å². The van der Waals surface area contributed by atoms with Crippen molar-refractivity contribution < 1.29 is 4.79 Å². The molecule has 4 heteroatoms. The third-order valence-corrected chi connectivity index (χ3v) is 5.17. The Hall–Kier alpha value is -1.81. The number of carbonyl (C=O) groups is 1. The third kappa shape index (κ3) is 3.58. The SMILES string of the molecule is CCC1CCCN(C(=O)[C@@H](N)Cc2c[nH]c3ccccc23)CC1. The molecule has 0 radical (unpaired) electrons. The summed E-state index contributed by atoms with van der Waals surface area (Å²) in [7, 11) is 0. The van der Waals surface area contributed by atoms with Gasteiger partial charge in [-0.1, -0.05) is 31.5 Å². The molecule has 1 saturated heterocycles. The van der Waals surface area contributed by atoms with Gasteiger partial charge in [0.1, 0.15) is 0 Å². The second-order valence-electron chi connectivity index (χ2n) is 6.70. The number of H-pyrrole nitrogens is 1. The maximum absolute atomic E-state index is 12.7. The molecule has 1 aromatic heterocycles. The number of hydrogen-bond acceptors (Lipinski definition) is 2. The Morgan fingerprint density at radius 1 is 1.35 bits per heavy atom. The smallest absolute Gasteiger partial charge is 0.239 e. The number of aromatic amines is 1. The lowest BCUT2D eigenvalue weighted by Gasteiger charge is -2.24. The van der Waals surface area contributed by atoms with Crippen LogP contribution in [0.15, 0.2) is 30.5 Å². The van der Waals surface area contributed by atoms with E-state index in [2.05, 4.69) is 18.0 Å². The van der Waals surface area contributed by atoms with Crippen LogP contribution in [0.2, 0.25) is 0 Å². The van der Waals surface area contributed by atoms with Crippen molar-refractivity contribution >= 4 is 16.8 Å². The summed E-state index contributed by atoms with van der Waals surface area (Å²) in [5.74, 6) is 0.865. The summed E-state index contributed by atoms with van der Waals surface area (Å²) in [4.78, 5) is 17.9. The van der Waals surface area contributed by atoms with Gasteiger partial charge in [-0.25, -0.2) is 0 Å². The highest BCUT2D eigenvalue weighted by Crippen LogP contribution is 2.22. The van der Waals surface area contributed by atoms with Crippen LogP contribution >= 0.6 is 0 Å². The number of carbonyl (C=O) groups excluding carboxylic acids is 1. The van der Waals surface area contributed by atoms with E-state index in [0.29, 0.717) is 6.42 Å². The van der Waals surface area contributed by atoms with E-state index in [0.717, 1.165) is 48.3 Å². The minimum absolute atomic E-state index is 0.104. The number of para-hydroxylation sites is 1. The number of amides is 1. The Morgan fingerprint density at radius 2 is 2.17 bits per heavy atom. The fourth-order valence-electron chi connectivity index (χ4n) is 3.65. The molecule has 1 unspecified atom stereocenters. The van der Waals surface area contributed by atoms with Gasteiger partial charge in [-0.3, -0.25) is 4.79 Å². The van der Waals surface area contributed by atoms with E-state index in [1.165, 1.54) is 12.8 Å². The number of rotatable bonds is 4. The molecule has 4 nitrogen and oxygen atoms in total. The van der Waals surface area contributed by atoms with E-state index in [4.69, 9.17) is 5.73 Å². The van der Waals surface area contributed by atoms with E-state index in [1.54, 1.807) is 0 Å². The molecule has 0 saturated carbocycles. The fraction of sp³-hybridized carbons (Fsp3) is 0.526. The Bertz CT molecular complexity index is 663. The Kier molecular flexibility index (Phi) is 5.01. The normalized spacial score (nSPS) is 20.4. The summed E-state index contributed by atoms with van der Waals surface area (Å²) in [5.41, 5.74) is 8.47. The minimum Gasteiger partial charge on any atom is -0.361 e. The van der Waals surface area contributed by atoms with Crippen LogP contribution in [-0.4, -0.2) is 34.9 Å². The van der Waals surface area contributed by atoms with Crippen LogP contribution in [-0.2, 0) is 11.2 Å². The molecule has 3 rings (SSSR count). The number of nitrogens with two attached hydrogens (primary N) is 1. The molecular formula is C19H27N3O. The van der Waals surface area contributed by atoms with Crippen molar-refractivity contribution in [1.29, 1.82) is 0 Å². The fourth-order valence-corrected chi connectivity index (χ4v) is 3.65. The molecule has 2 heterocycles. The molecule has 0 bridgehead atoms. The third-order valence-electron chi connectivity index (χ3n) is 5.17. The number of fused-ring (bicyclic) bond motifs is 1. The van der Waals surface area contributed by atoms with Crippen molar-refractivity contribution in [2.24, 2.45) is 11.7 Å². The van der Waals surface area contributed by atoms with E-state index >= 15 is 0 Å². The van der Waals surface area contributed by atoms with Crippen LogP contribution < -0.4 is 5.73 Å². The van der Waals surface area contributed by atoms with Crippen LogP contribution in [0.4, 0.5) is 0 Å². The summed E-state index contributed by atoms with van der Waals surface area (Å²) in [5, 5.41) is 1.16. The first-order chi connectivity index (χ1) is 11.2. The molecule has 0 aliphatic carbocycles. The molecule has 2 aromatic rings. The molecule has 1 aliphatic rings. The zero-order valence-electron chi connectivity index (χ0n) is 13.9. The summed E-state index contributed by atoms with van der Waals surface area (Å²) in [6.45, 7) is 3.96. The van der Waals surface area contributed by atoms with Gasteiger partial charge < -0.3 is 15.6 Å². The van der Waals surface area contributed by atoms with Gasteiger partial charge >= 0.3 is 0 Å². The molecule has 2 atom stereocenters. The van der Waals surface area contributed by atoms with Gasteiger partial charge in [-0.15, -0.1) is 0 Å². The minimum atomic E-state index is -0.451. The van der Waals surface area contributed by atoms with Crippen LogP contribution in [0.3, 0.4) is 0 Å². The van der Waals surface area contributed by atoms with Gasteiger partial charge in [-0.2, -0.15) is 0 Å². The topological polar surface area (TPSA) is 62.1 Å². The summed E-state index contributed by atoms with van der Waals surface area (Å²) >= 11 is 0. The molecule has 1 aromatic carbocycles. The van der Waals surface area contributed by atoms with Crippen molar-refractivity contribution in [2.75, 3.05) is 13.1 Å². The lowest BCUT2D eigenvalue weighted by atomic mass is 9.98.